The Bertz CT molecular complexity index is 1470. The molecule has 0 amide bonds. The lowest BCUT2D eigenvalue weighted by molar-refractivity contribution is 0.905. The van der Waals surface area contributed by atoms with E-state index in [4.69, 9.17) is 5.73 Å². The minimum absolute atomic E-state index is 0.0862. The lowest BCUT2D eigenvalue weighted by Crippen LogP contribution is -2.38. The highest BCUT2D eigenvalue weighted by Crippen LogP contribution is 2.35. The number of nitrogens with two attached hydrogens (primary N) is 1. The van der Waals surface area contributed by atoms with Gasteiger partial charge >= 0.3 is 0 Å². The Morgan fingerprint density at radius 1 is 1.03 bits per heavy atom. The van der Waals surface area contributed by atoms with Crippen LogP contribution in [-0.4, -0.2) is 4.57 Å². The number of hydrogen-bond donors (Lipinski definition) is 1. The Kier molecular flexibility index (Phi) is 4.87. The smallest absolute Gasteiger partial charge is 0.274 e. The van der Waals surface area contributed by atoms with E-state index in [1.807, 2.05) is 62.4 Å². The van der Waals surface area contributed by atoms with Gasteiger partial charge in [0.2, 0.25) is 0 Å². The van der Waals surface area contributed by atoms with Gasteiger partial charge in [0, 0.05) is 0 Å². The van der Waals surface area contributed by atoms with Crippen molar-refractivity contribution < 1.29 is 0 Å². The van der Waals surface area contributed by atoms with Crippen LogP contribution in [0, 0.1) is 36.5 Å². The Morgan fingerprint density at radius 2 is 1.70 bits per heavy atom. The van der Waals surface area contributed by atoms with Crippen LogP contribution >= 0.6 is 11.3 Å². The number of aromatic nitrogens is 1. The Balaban J connectivity index is 2.07. The van der Waals surface area contributed by atoms with Gasteiger partial charge in [0.15, 0.2) is 0 Å². The largest absolute Gasteiger partial charge is 0.384 e. The van der Waals surface area contributed by atoms with Crippen molar-refractivity contribution in [2.45, 2.75) is 19.8 Å². The molecule has 1 atom stereocenters. The standard InChI is InChI=1S/C24H18N4OS/c1-14-5-3-7-16(9-14)11-20-23(29)28-22(27)18(12-25)21(19(13-26)24(28)30-20)17-8-4-6-15(2)10-17/h3-11,21H,27H2,1-2H3/b20-11-/t21-/m0/s1. The maximum absolute atomic E-state index is 13.1. The van der Waals surface area contributed by atoms with Crippen LogP contribution < -0.4 is 20.5 Å². The molecule has 2 heterocycles. The second-order valence-electron chi connectivity index (χ2n) is 7.25. The van der Waals surface area contributed by atoms with Gasteiger partial charge in [-0.25, -0.2) is 0 Å². The van der Waals surface area contributed by atoms with Crippen LogP contribution in [0.5, 0.6) is 0 Å². The molecule has 3 aromatic rings. The summed E-state index contributed by atoms with van der Waals surface area (Å²) in [5.74, 6) is -0.507. The lowest BCUT2D eigenvalue weighted by Gasteiger charge is -2.22. The Morgan fingerprint density at radius 3 is 2.33 bits per heavy atom. The van der Waals surface area contributed by atoms with Crippen molar-refractivity contribution in [3.8, 4) is 12.1 Å². The van der Waals surface area contributed by atoms with Gasteiger partial charge in [-0.1, -0.05) is 59.7 Å². The molecule has 0 aliphatic carbocycles. The molecule has 5 nitrogen and oxygen atoms in total. The summed E-state index contributed by atoms with van der Waals surface area (Å²) in [5, 5.41) is 19.8. The maximum atomic E-state index is 13.1. The van der Waals surface area contributed by atoms with Crippen LogP contribution in [-0.2, 0) is 0 Å². The topological polar surface area (TPSA) is 95.6 Å². The van der Waals surface area contributed by atoms with Crippen LogP contribution in [0.15, 0.2) is 58.9 Å². The van der Waals surface area contributed by atoms with Gasteiger partial charge in [-0.15, -0.1) is 11.3 Å². The van der Waals surface area contributed by atoms with Crippen molar-refractivity contribution in [2.75, 3.05) is 0 Å². The number of nitrogens with zero attached hydrogens (tertiary/aromatic N) is 3. The summed E-state index contributed by atoms with van der Waals surface area (Å²) in [6, 6.07) is 19.8. The third-order valence-electron chi connectivity index (χ3n) is 5.10. The highest BCUT2D eigenvalue weighted by molar-refractivity contribution is 7.07. The fourth-order valence-corrected chi connectivity index (χ4v) is 4.87. The Labute approximate surface area is 177 Å². The monoisotopic (exact) mass is 410 g/mol. The first-order valence-electron chi connectivity index (χ1n) is 9.36. The van der Waals surface area contributed by atoms with Crippen LogP contribution in [0.25, 0.3) is 17.5 Å². The zero-order valence-electron chi connectivity index (χ0n) is 16.5. The molecule has 0 saturated heterocycles. The fourth-order valence-electron chi connectivity index (χ4n) is 3.75. The summed E-state index contributed by atoms with van der Waals surface area (Å²) < 4.78 is 2.24. The van der Waals surface area contributed by atoms with Crippen molar-refractivity contribution in [1.82, 2.24) is 4.57 Å². The molecule has 0 bridgehead atoms. The van der Waals surface area contributed by atoms with Gasteiger partial charge in [-0.05, 0) is 31.1 Å². The molecule has 146 valence electrons. The number of benzene rings is 2. The van der Waals surface area contributed by atoms with Crippen LogP contribution in [0.3, 0.4) is 0 Å². The van der Waals surface area contributed by atoms with E-state index in [1.54, 1.807) is 6.08 Å². The van der Waals surface area contributed by atoms with Crippen molar-refractivity contribution in [2.24, 2.45) is 5.73 Å². The predicted molar refractivity (Wildman–Crippen MR) is 119 cm³/mol. The average Bonchev–Trinajstić information content (AvgIpc) is 3.04. The number of nitriles is 2. The molecular formula is C24H18N4OS. The molecule has 2 N–H and O–H groups in total. The quantitative estimate of drug-likeness (QED) is 0.702. The van der Waals surface area contributed by atoms with Crippen molar-refractivity contribution in [3.63, 3.8) is 0 Å². The molecule has 0 radical (unpaired) electrons. The van der Waals surface area contributed by atoms with Gasteiger partial charge in [0.05, 0.1) is 33.7 Å². The highest BCUT2D eigenvalue weighted by Gasteiger charge is 2.32. The summed E-state index contributed by atoms with van der Waals surface area (Å²) in [4.78, 5) is 13.1. The summed E-state index contributed by atoms with van der Waals surface area (Å²) in [5.41, 5.74) is 10.4. The number of aryl methyl sites for hydroxylation is 2. The minimum Gasteiger partial charge on any atom is -0.384 e. The van der Waals surface area contributed by atoms with Gasteiger partial charge in [0.1, 0.15) is 10.5 Å². The van der Waals surface area contributed by atoms with Crippen molar-refractivity contribution in [3.05, 3.63) is 95.9 Å². The number of allylic oxidation sites excluding steroid dienone is 1. The first kappa shape index (κ1) is 19.4. The first-order chi connectivity index (χ1) is 14.4. The average molecular weight is 411 g/mol. The molecule has 2 aromatic carbocycles. The third kappa shape index (κ3) is 3.14. The molecule has 0 spiro atoms. The molecule has 1 aliphatic heterocycles. The number of thiazole rings is 1. The zero-order chi connectivity index (χ0) is 21.4. The van der Waals surface area contributed by atoms with Crippen molar-refractivity contribution >= 4 is 28.8 Å². The number of hydrogen-bond acceptors (Lipinski definition) is 5. The van der Waals surface area contributed by atoms with E-state index in [1.165, 1.54) is 15.9 Å². The van der Waals surface area contributed by atoms with Gasteiger partial charge in [-0.2, -0.15) is 10.5 Å². The SMILES string of the molecule is Cc1cccc(/C=c2\sc3n(c2=O)C(N)=C(C#N)[C@H](c2cccc(C)c2)C=3C#N)c1. The first-order valence-corrected chi connectivity index (χ1v) is 10.2. The highest BCUT2D eigenvalue weighted by atomic mass is 32.1. The van der Waals surface area contributed by atoms with Crippen LogP contribution in [0.2, 0.25) is 0 Å². The fraction of sp³-hybridized carbons (Fsp3) is 0.125. The van der Waals surface area contributed by atoms with E-state index in [0.717, 1.165) is 22.3 Å². The number of rotatable bonds is 2. The maximum Gasteiger partial charge on any atom is 0.274 e. The van der Waals surface area contributed by atoms with Crippen LogP contribution in [0.1, 0.15) is 28.2 Å². The zero-order valence-corrected chi connectivity index (χ0v) is 17.3. The van der Waals surface area contributed by atoms with Gasteiger partial charge in [0.25, 0.3) is 5.56 Å². The third-order valence-corrected chi connectivity index (χ3v) is 6.21. The van der Waals surface area contributed by atoms with Crippen molar-refractivity contribution in [1.29, 1.82) is 10.5 Å². The summed E-state index contributed by atoms with van der Waals surface area (Å²) in [6.45, 7) is 3.94. The van der Waals surface area contributed by atoms with E-state index in [-0.39, 0.29) is 17.0 Å². The molecule has 4 rings (SSSR count). The van der Waals surface area contributed by atoms with Crippen LogP contribution in [0.4, 0.5) is 0 Å². The van der Waals surface area contributed by atoms with E-state index in [9.17, 15) is 15.3 Å². The normalized spacial score (nSPS) is 16.2. The predicted octanol–water partition coefficient (Wildman–Crippen LogP) is 2.48. The summed E-state index contributed by atoms with van der Waals surface area (Å²) in [7, 11) is 0. The summed E-state index contributed by atoms with van der Waals surface area (Å²) in [6.07, 6.45) is 1.79. The van der Waals surface area contributed by atoms with E-state index < -0.39 is 5.92 Å². The minimum atomic E-state index is -0.593. The van der Waals surface area contributed by atoms with Gasteiger partial charge in [-0.3, -0.25) is 9.36 Å². The molecule has 0 saturated carbocycles. The molecular weight excluding hydrogens is 392 g/mol. The second kappa shape index (κ2) is 7.51. The van der Waals surface area contributed by atoms with Gasteiger partial charge < -0.3 is 5.73 Å². The van der Waals surface area contributed by atoms with E-state index in [2.05, 4.69) is 12.1 Å². The Hall–Kier alpha value is -3.87. The molecule has 1 aromatic heterocycles. The molecule has 1 aliphatic rings. The molecule has 30 heavy (non-hydrogen) atoms. The number of fused-ring (bicyclic) bond motifs is 1. The lowest BCUT2D eigenvalue weighted by atomic mass is 9.84. The second-order valence-corrected chi connectivity index (χ2v) is 8.28. The molecule has 6 heteroatoms. The molecule has 0 unspecified atom stereocenters. The van der Waals surface area contributed by atoms with E-state index >= 15 is 0 Å². The van der Waals surface area contributed by atoms with E-state index in [0.29, 0.717) is 14.8 Å². The summed E-state index contributed by atoms with van der Waals surface area (Å²) >= 11 is 1.23. The molecule has 0 fully saturated rings.